The van der Waals surface area contributed by atoms with Crippen LogP contribution in [0.3, 0.4) is 0 Å². The van der Waals surface area contributed by atoms with Crippen LogP contribution in [-0.4, -0.2) is 42.8 Å². The van der Waals surface area contributed by atoms with Crippen molar-refractivity contribution >= 4 is 29.3 Å². The fourth-order valence-corrected chi connectivity index (χ4v) is 4.53. The Bertz CT molecular complexity index is 461. The topological polar surface area (TPSA) is 101 Å². The molecule has 4 N–H and O–H groups in total. The molecule has 17 heavy (non-hydrogen) atoms. The smallest absolute Gasteiger partial charge is 0.350 e. The Labute approximate surface area is 106 Å². The van der Waals surface area contributed by atoms with Crippen molar-refractivity contribution in [2.45, 2.75) is 9.45 Å². The monoisotopic (exact) mass is 275 g/mol. The van der Waals surface area contributed by atoms with Crippen LogP contribution in [0.4, 0.5) is 5.82 Å². The molecule has 0 saturated carbocycles. The summed E-state index contributed by atoms with van der Waals surface area (Å²) in [7, 11) is 0. The van der Waals surface area contributed by atoms with Gasteiger partial charge in [0.05, 0.1) is 18.6 Å². The van der Waals surface area contributed by atoms with E-state index >= 15 is 0 Å². The summed E-state index contributed by atoms with van der Waals surface area (Å²) in [4.78, 5) is 15.3. The first-order chi connectivity index (χ1) is 8.10. The van der Waals surface area contributed by atoms with Crippen LogP contribution in [0.1, 0.15) is 5.37 Å². The standard InChI is InChI=1S/C9H13N3O3S2/c10-6-1-2-12(8(15)11-6)7-3-16-9(4-13,5-14)17-7/h1-2,7,13-14H,3-5H2,(H2,10,11,15)/t7-/m1/s1. The average molecular weight is 275 g/mol. The van der Waals surface area contributed by atoms with Crippen molar-refractivity contribution in [3.8, 4) is 0 Å². The van der Waals surface area contributed by atoms with E-state index in [-0.39, 0.29) is 24.4 Å². The molecule has 0 aromatic carbocycles. The van der Waals surface area contributed by atoms with Crippen molar-refractivity contribution in [2.24, 2.45) is 0 Å². The molecule has 1 aromatic heterocycles. The molecule has 1 saturated heterocycles. The fraction of sp³-hybridized carbons (Fsp3) is 0.556. The number of rotatable bonds is 3. The quantitative estimate of drug-likeness (QED) is 0.682. The van der Waals surface area contributed by atoms with E-state index in [0.29, 0.717) is 5.75 Å². The van der Waals surface area contributed by atoms with Crippen LogP contribution >= 0.6 is 23.5 Å². The van der Waals surface area contributed by atoms with Crippen molar-refractivity contribution in [1.82, 2.24) is 9.55 Å². The van der Waals surface area contributed by atoms with E-state index in [0.717, 1.165) is 0 Å². The van der Waals surface area contributed by atoms with Gasteiger partial charge in [0.1, 0.15) is 9.90 Å². The Morgan fingerprint density at radius 2 is 2.29 bits per heavy atom. The van der Waals surface area contributed by atoms with E-state index in [1.54, 1.807) is 12.3 Å². The molecular formula is C9H13N3O3S2. The van der Waals surface area contributed by atoms with Crippen molar-refractivity contribution in [2.75, 3.05) is 24.7 Å². The van der Waals surface area contributed by atoms with Gasteiger partial charge in [-0.2, -0.15) is 4.98 Å². The maximum Gasteiger partial charge on any atom is 0.350 e. The third kappa shape index (κ3) is 2.44. The molecular weight excluding hydrogens is 262 g/mol. The van der Waals surface area contributed by atoms with Gasteiger partial charge in [0.2, 0.25) is 0 Å². The summed E-state index contributed by atoms with van der Waals surface area (Å²) >= 11 is 2.83. The van der Waals surface area contributed by atoms with Gasteiger partial charge in [-0.25, -0.2) is 4.79 Å². The first kappa shape index (κ1) is 12.7. The Balaban J connectivity index is 2.23. The predicted molar refractivity (Wildman–Crippen MR) is 68.9 cm³/mol. The van der Waals surface area contributed by atoms with Crippen molar-refractivity contribution in [1.29, 1.82) is 0 Å². The third-order valence-electron chi connectivity index (χ3n) is 2.48. The number of aliphatic hydroxyl groups is 2. The molecule has 1 aliphatic heterocycles. The SMILES string of the molecule is Nc1ccn([C@H]2CSC(CO)(CO)S2)c(=O)n1. The molecule has 6 nitrogen and oxygen atoms in total. The van der Waals surface area contributed by atoms with Crippen LogP contribution in [-0.2, 0) is 0 Å². The molecule has 1 atom stereocenters. The Morgan fingerprint density at radius 3 is 2.82 bits per heavy atom. The lowest BCUT2D eigenvalue weighted by Crippen LogP contribution is -2.29. The zero-order valence-electron chi connectivity index (χ0n) is 8.94. The summed E-state index contributed by atoms with van der Waals surface area (Å²) in [6, 6.07) is 1.56. The maximum atomic E-state index is 11.6. The maximum absolute atomic E-state index is 11.6. The number of anilines is 1. The van der Waals surface area contributed by atoms with Gasteiger partial charge in [-0.1, -0.05) is 0 Å². The third-order valence-corrected chi connectivity index (χ3v) is 5.96. The number of hydrogen-bond acceptors (Lipinski definition) is 7. The second-order valence-electron chi connectivity index (χ2n) is 3.65. The summed E-state index contributed by atoms with van der Waals surface area (Å²) in [5.74, 6) is 0.828. The van der Waals surface area contributed by atoms with Gasteiger partial charge < -0.3 is 15.9 Å². The van der Waals surface area contributed by atoms with Gasteiger partial charge in [-0.15, -0.1) is 23.5 Å². The minimum absolute atomic E-state index is 0.132. The molecule has 0 amide bonds. The average Bonchev–Trinajstić information content (AvgIpc) is 2.74. The zero-order chi connectivity index (χ0) is 12.5. The molecule has 0 aliphatic carbocycles. The lowest BCUT2D eigenvalue weighted by Gasteiger charge is -2.22. The van der Waals surface area contributed by atoms with Crippen LogP contribution in [0.2, 0.25) is 0 Å². The van der Waals surface area contributed by atoms with E-state index in [4.69, 9.17) is 5.73 Å². The highest BCUT2D eigenvalue weighted by Crippen LogP contribution is 2.51. The molecule has 1 aromatic rings. The molecule has 0 radical (unpaired) electrons. The van der Waals surface area contributed by atoms with E-state index < -0.39 is 9.77 Å². The minimum Gasteiger partial charge on any atom is -0.394 e. The van der Waals surface area contributed by atoms with E-state index in [2.05, 4.69) is 4.98 Å². The lowest BCUT2D eigenvalue weighted by atomic mass is 10.5. The largest absolute Gasteiger partial charge is 0.394 e. The number of nitrogens with zero attached hydrogens (tertiary/aromatic N) is 2. The highest BCUT2D eigenvalue weighted by molar-refractivity contribution is 8.21. The normalized spacial score (nSPS) is 22.8. The highest BCUT2D eigenvalue weighted by atomic mass is 32.2. The molecule has 94 valence electrons. The van der Waals surface area contributed by atoms with E-state index in [1.807, 2.05) is 0 Å². The number of thioether (sulfide) groups is 2. The van der Waals surface area contributed by atoms with E-state index in [1.165, 1.54) is 28.1 Å². The number of hydrogen-bond donors (Lipinski definition) is 3. The molecule has 1 aliphatic rings. The van der Waals surface area contributed by atoms with Gasteiger partial charge in [-0.3, -0.25) is 4.57 Å². The molecule has 8 heteroatoms. The Morgan fingerprint density at radius 1 is 1.59 bits per heavy atom. The fourth-order valence-electron chi connectivity index (χ4n) is 1.54. The van der Waals surface area contributed by atoms with E-state index in [9.17, 15) is 15.0 Å². The second kappa shape index (κ2) is 4.89. The van der Waals surface area contributed by atoms with Crippen LogP contribution in [0.25, 0.3) is 0 Å². The molecule has 2 rings (SSSR count). The molecule has 0 unspecified atom stereocenters. The van der Waals surface area contributed by atoms with Gasteiger partial charge in [0.15, 0.2) is 0 Å². The van der Waals surface area contributed by atoms with Gasteiger partial charge >= 0.3 is 5.69 Å². The molecule has 0 spiro atoms. The summed E-state index contributed by atoms with van der Waals surface area (Å²) in [6.45, 7) is -0.265. The van der Waals surface area contributed by atoms with Crippen LogP contribution in [0, 0.1) is 0 Å². The minimum atomic E-state index is -0.633. The number of nitrogen functional groups attached to an aromatic ring is 1. The molecule has 2 heterocycles. The summed E-state index contributed by atoms with van der Waals surface area (Å²) in [5, 5.41) is 18.4. The van der Waals surface area contributed by atoms with Crippen LogP contribution < -0.4 is 11.4 Å². The Kier molecular flexibility index (Phi) is 3.67. The number of aromatic nitrogens is 2. The predicted octanol–water partition coefficient (Wildman–Crippen LogP) is -0.515. The number of nitrogens with two attached hydrogens (primary N) is 1. The first-order valence-corrected chi connectivity index (χ1v) is 6.85. The first-order valence-electron chi connectivity index (χ1n) is 4.98. The van der Waals surface area contributed by atoms with Crippen molar-refractivity contribution < 1.29 is 10.2 Å². The van der Waals surface area contributed by atoms with Crippen LogP contribution in [0.15, 0.2) is 17.1 Å². The van der Waals surface area contributed by atoms with Crippen LogP contribution in [0.5, 0.6) is 0 Å². The zero-order valence-corrected chi connectivity index (χ0v) is 10.6. The highest BCUT2D eigenvalue weighted by Gasteiger charge is 2.41. The summed E-state index contributed by atoms with van der Waals surface area (Å²) in [6.07, 6.45) is 1.59. The summed E-state index contributed by atoms with van der Waals surface area (Å²) < 4.78 is 0.840. The van der Waals surface area contributed by atoms with Crippen molar-refractivity contribution in [3.05, 3.63) is 22.7 Å². The Hall–Kier alpha value is -0.700. The number of aliphatic hydroxyl groups excluding tert-OH is 2. The van der Waals surface area contributed by atoms with Crippen molar-refractivity contribution in [3.63, 3.8) is 0 Å². The summed E-state index contributed by atoms with van der Waals surface area (Å²) in [5.41, 5.74) is 5.01. The van der Waals surface area contributed by atoms with Gasteiger partial charge in [0, 0.05) is 11.9 Å². The second-order valence-corrected chi connectivity index (χ2v) is 6.88. The molecule has 0 bridgehead atoms. The van der Waals surface area contributed by atoms with Gasteiger partial charge in [0.25, 0.3) is 0 Å². The lowest BCUT2D eigenvalue weighted by molar-refractivity contribution is 0.216. The van der Waals surface area contributed by atoms with Gasteiger partial charge in [-0.05, 0) is 6.07 Å². The molecule has 1 fully saturated rings.